The second-order valence-corrected chi connectivity index (χ2v) is 6.15. The first-order valence-electron chi connectivity index (χ1n) is 7.87. The van der Waals surface area contributed by atoms with E-state index in [1.165, 1.54) is 5.56 Å². The third-order valence-electron chi connectivity index (χ3n) is 4.27. The fourth-order valence-electron chi connectivity index (χ4n) is 3.09. The molecule has 0 radical (unpaired) electrons. The van der Waals surface area contributed by atoms with E-state index in [0.29, 0.717) is 11.3 Å². The van der Waals surface area contributed by atoms with Gasteiger partial charge in [0.2, 0.25) is 0 Å². The summed E-state index contributed by atoms with van der Waals surface area (Å²) in [5.41, 5.74) is 5.57. The Hall–Kier alpha value is -2.75. The summed E-state index contributed by atoms with van der Waals surface area (Å²) in [6.07, 6.45) is 0. The van der Waals surface area contributed by atoms with Crippen molar-refractivity contribution in [3.05, 3.63) is 58.3 Å². The number of rotatable bonds is 3. The average molecular weight is 323 g/mol. The fourth-order valence-corrected chi connectivity index (χ4v) is 3.09. The van der Waals surface area contributed by atoms with E-state index in [1.807, 2.05) is 45.9 Å². The SMILES string of the molecule is COc1ccc2oc(C(=O)Nc3c(C)cc(C)cc3C)c(C)c2c1. The number of fused-ring (bicyclic) bond motifs is 1. The van der Waals surface area contributed by atoms with Crippen molar-refractivity contribution in [3.8, 4) is 5.75 Å². The molecule has 4 nitrogen and oxygen atoms in total. The van der Waals surface area contributed by atoms with E-state index < -0.39 is 0 Å². The fraction of sp³-hybridized carbons (Fsp3) is 0.250. The maximum Gasteiger partial charge on any atom is 0.291 e. The highest BCUT2D eigenvalue weighted by atomic mass is 16.5. The van der Waals surface area contributed by atoms with E-state index in [2.05, 4.69) is 17.4 Å². The summed E-state index contributed by atoms with van der Waals surface area (Å²) in [6.45, 7) is 7.91. The van der Waals surface area contributed by atoms with Crippen LogP contribution in [-0.4, -0.2) is 13.0 Å². The summed E-state index contributed by atoms with van der Waals surface area (Å²) in [6, 6.07) is 9.63. The minimum atomic E-state index is -0.238. The van der Waals surface area contributed by atoms with Crippen LogP contribution in [0.3, 0.4) is 0 Å². The summed E-state index contributed by atoms with van der Waals surface area (Å²) in [5, 5.41) is 3.87. The Balaban J connectivity index is 1.99. The molecule has 0 saturated carbocycles. The molecular weight excluding hydrogens is 302 g/mol. The van der Waals surface area contributed by atoms with Crippen molar-refractivity contribution in [2.45, 2.75) is 27.7 Å². The van der Waals surface area contributed by atoms with E-state index in [4.69, 9.17) is 9.15 Å². The molecule has 0 fully saturated rings. The number of aryl methyl sites for hydroxylation is 4. The molecule has 1 heterocycles. The van der Waals surface area contributed by atoms with E-state index in [9.17, 15) is 4.79 Å². The Kier molecular flexibility index (Phi) is 4.06. The molecule has 0 unspecified atom stereocenters. The van der Waals surface area contributed by atoms with Crippen LogP contribution in [0.25, 0.3) is 11.0 Å². The zero-order valence-corrected chi connectivity index (χ0v) is 14.6. The van der Waals surface area contributed by atoms with Crippen LogP contribution in [0.15, 0.2) is 34.7 Å². The maximum atomic E-state index is 12.7. The zero-order valence-electron chi connectivity index (χ0n) is 14.6. The number of carbonyl (C=O) groups is 1. The molecule has 0 aliphatic heterocycles. The number of anilines is 1. The van der Waals surface area contributed by atoms with Gasteiger partial charge in [0.1, 0.15) is 11.3 Å². The predicted molar refractivity (Wildman–Crippen MR) is 96.1 cm³/mol. The van der Waals surface area contributed by atoms with Crippen LogP contribution in [0, 0.1) is 27.7 Å². The minimum absolute atomic E-state index is 0.238. The van der Waals surface area contributed by atoms with Gasteiger partial charge in [0, 0.05) is 16.6 Å². The second kappa shape index (κ2) is 6.04. The van der Waals surface area contributed by atoms with Gasteiger partial charge in [-0.3, -0.25) is 4.79 Å². The van der Waals surface area contributed by atoms with Crippen molar-refractivity contribution in [3.63, 3.8) is 0 Å². The number of ether oxygens (including phenoxy) is 1. The maximum absolute atomic E-state index is 12.7. The van der Waals surface area contributed by atoms with Crippen molar-refractivity contribution in [2.75, 3.05) is 12.4 Å². The summed E-state index contributed by atoms with van der Waals surface area (Å²) >= 11 is 0. The van der Waals surface area contributed by atoms with Gasteiger partial charge in [0.25, 0.3) is 5.91 Å². The number of benzene rings is 2. The molecule has 0 atom stereocenters. The molecule has 0 saturated heterocycles. The van der Waals surface area contributed by atoms with Gasteiger partial charge in [-0.15, -0.1) is 0 Å². The lowest BCUT2D eigenvalue weighted by Crippen LogP contribution is -2.14. The Morgan fingerprint density at radius 2 is 1.71 bits per heavy atom. The normalized spacial score (nSPS) is 10.9. The first-order chi connectivity index (χ1) is 11.4. The molecule has 0 bridgehead atoms. The molecule has 3 aromatic rings. The Labute approximate surface area is 141 Å². The molecule has 124 valence electrons. The van der Waals surface area contributed by atoms with Crippen LogP contribution in [0.2, 0.25) is 0 Å². The van der Waals surface area contributed by atoms with Crippen LogP contribution in [-0.2, 0) is 0 Å². The smallest absolute Gasteiger partial charge is 0.291 e. The molecule has 2 aromatic carbocycles. The van der Waals surface area contributed by atoms with Crippen molar-refractivity contribution in [1.82, 2.24) is 0 Å². The lowest BCUT2D eigenvalue weighted by atomic mass is 10.0. The standard InChI is InChI=1S/C20H21NO3/c1-11-8-12(2)18(13(3)9-11)21-20(22)19-14(4)16-10-15(23-5)6-7-17(16)24-19/h6-10H,1-5H3,(H,21,22). The van der Waals surface area contributed by atoms with Gasteiger partial charge in [-0.1, -0.05) is 17.7 Å². The van der Waals surface area contributed by atoms with Crippen molar-refractivity contribution in [1.29, 1.82) is 0 Å². The Bertz CT molecular complexity index is 914. The first kappa shape index (κ1) is 16.1. The monoisotopic (exact) mass is 323 g/mol. The van der Waals surface area contributed by atoms with Gasteiger partial charge in [-0.25, -0.2) is 0 Å². The summed E-state index contributed by atoms with van der Waals surface area (Å²) in [5.74, 6) is 0.832. The van der Waals surface area contributed by atoms with Crippen molar-refractivity contribution < 1.29 is 13.9 Å². The first-order valence-corrected chi connectivity index (χ1v) is 7.87. The number of furan rings is 1. The molecule has 1 N–H and O–H groups in total. The summed E-state index contributed by atoms with van der Waals surface area (Å²) in [7, 11) is 1.62. The minimum Gasteiger partial charge on any atom is -0.497 e. The summed E-state index contributed by atoms with van der Waals surface area (Å²) in [4.78, 5) is 12.7. The number of hydrogen-bond acceptors (Lipinski definition) is 3. The van der Waals surface area contributed by atoms with Crippen LogP contribution < -0.4 is 10.1 Å². The van der Waals surface area contributed by atoms with Gasteiger partial charge in [-0.2, -0.15) is 0 Å². The highest BCUT2D eigenvalue weighted by Gasteiger charge is 2.19. The van der Waals surface area contributed by atoms with E-state index in [0.717, 1.165) is 33.5 Å². The van der Waals surface area contributed by atoms with Crippen LogP contribution >= 0.6 is 0 Å². The van der Waals surface area contributed by atoms with Crippen molar-refractivity contribution in [2.24, 2.45) is 0 Å². The second-order valence-electron chi connectivity index (χ2n) is 6.15. The third kappa shape index (κ3) is 2.75. The average Bonchev–Trinajstić information content (AvgIpc) is 2.87. The number of hydrogen-bond donors (Lipinski definition) is 1. The van der Waals surface area contributed by atoms with E-state index >= 15 is 0 Å². The molecule has 0 spiro atoms. The van der Waals surface area contributed by atoms with Crippen molar-refractivity contribution >= 4 is 22.6 Å². The molecule has 1 aromatic heterocycles. The van der Waals surface area contributed by atoms with Gasteiger partial charge in [0.15, 0.2) is 5.76 Å². The molecule has 4 heteroatoms. The molecule has 0 aliphatic carbocycles. The zero-order chi connectivity index (χ0) is 17.4. The lowest BCUT2D eigenvalue weighted by molar-refractivity contribution is 0.0997. The highest BCUT2D eigenvalue weighted by molar-refractivity contribution is 6.07. The molecular formula is C20H21NO3. The van der Waals surface area contributed by atoms with Gasteiger partial charge >= 0.3 is 0 Å². The van der Waals surface area contributed by atoms with E-state index in [-0.39, 0.29) is 5.91 Å². The number of methoxy groups -OCH3 is 1. The molecule has 0 aliphatic rings. The Morgan fingerprint density at radius 3 is 2.33 bits per heavy atom. The molecule has 24 heavy (non-hydrogen) atoms. The Morgan fingerprint density at radius 1 is 1.04 bits per heavy atom. The number of carbonyl (C=O) groups excluding carboxylic acids is 1. The topological polar surface area (TPSA) is 51.5 Å². The largest absolute Gasteiger partial charge is 0.497 e. The summed E-state index contributed by atoms with van der Waals surface area (Å²) < 4.78 is 11.0. The van der Waals surface area contributed by atoms with E-state index in [1.54, 1.807) is 7.11 Å². The molecule has 3 rings (SSSR count). The van der Waals surface area contributed by atoms with Gasteiger partial charge < -0.3 is 14.5 Å². The van der Waals surface area contributed by atoms with Crippen LogP contribution in [0.1, 0.15) is 32.8 Å². The number of amides is 1. The number of nitrogens with one attached hydrogen (secondary N) is 1. The highest BCUT2D eigenvalue weighted by Crippen LogP contribution is 2.30. The predicted octanol–water partition coefficient (Wildman–Crippen LogP) is 4.93. The lowest BCUT2D eigenvalue weighted by Gasteiger charge is -2.12. The van der Waals surface area contributed by atoms with Crippen LogP contribution in [0.5, 0.6) is 5.75 Å². The third-order valence-corrected chi connectivity index (χ3v) is 4.27. The van der Waals surface area contributed by atoms with Crippen LogP contribution in [0.4, 0.5) is 5.69 Å². The molecule has 1 amide bonds. The van der Waals surface area contributed by atoms with Gasteiger partial charge in [-0.05, 0) is 57.0 Å². The quantitative estimate of drug-likeness (QED) is 0.743. The van der Waals surface area contributed by atoms with Gasteiger partial charge in [0.05, 0.1) is 7.11 Å².